The average molecular weight is 302 g/mol. The van der Waals surface area contributed by atoms with Gasteiger partial charge in [0.05, 0.1) is 16.7 Å². The summed E-state index contributed by atoms with van der Waals surface area (Å²) in [6.07, 6.45) is 1.53. The van der Waals surface area contributed by atoms with Crippen molar-refractivity contribution < 1.29 is 13.9 Å². The molecular weight excluding hydrogens is 293 g/mol. The zero-order valence-corrected chi connectivity index (χ0v) is 11.5. The standard InChI is InChI=1S/C16H9ClFNO2/c17-13-7-16-15(20-9-21-16)6-10(13)5-11(8-19)12-3-1-2-4-14(12)18/h1-7H,9H2. The van der Waals surface area contributed by atoms with E-state index in [1.165, 1.54) is 12.1 Å². The first-order chi connectivity index (χ1) is 10.2. The Morgan fingerprint density at radius 1 is 1.24 bits per heavy atom. The lowest BCUT2D eigenvalue weighted by atomic mass is 10.0. The van der Waals surface area contributed by atoms with Crippen LogP contribution in [0.25, 0.3) is 11.6 Å². The van der Waals surface area contributed by atoms with Crippen molar-refractivity contribution in [2.75, 3.05) is 6.79 Å². The molecule has 0 amide bonds. The van der Waals surface area contributed by atoms with Crippen LogP contribution >= 0.6 is 11.6 Å². The van der Waals surface area contributed by atoms with Crippen LogP contribution in [0.15, 0.2) is 36.4 Å². The molecule has 0 atom stereocenters. The van der Waals surface area contributed by atoms with Gasteiger partial charge in [-0.1, -0.05) is 29.8 Å². The van der Waals surface area contributed by atoms with Gasteiger partial charge in [0, 0.05) is 11.6 Å². The molecule has 3 rings (SSSR count). The monoisotopic (exact) mass is 301 g/mol. The zero-order valence-electron chi connectivity index (χ0n) is 10.8. The average Bonchev–Trinajstić information content (AvgIpc) is 2.92. The molecule has 104 valence electrons. The van der Waals surface area contributed by atoms with Crippen LogP contribution in [0, 0.1) is 17.1 Å². The molecule has 0 unspecified atom stereocenters. The number of fused-ring (bicyclic) bond motifs is 1. The highest BCUT2D eigenvalue weighted by atomic mass is 35.5. The first-order valence-electron chi connectivity index (χ1n) is 6.15. The molecule has 0 saturated heterocycles. The van der Waals surface area contributed by atoms with Crippen molar-refractivity contribution in [3.05, 3.63) is 58.4 Å². The molecule has 0 saturated carbocycles. The van der Waals surface area contributed by atoms with E-state index in [1.54, 1.807) is 30.3 Å². The van der Waals surface area contributed by atoms with Crippen molar-refractivity contribution in [1.29, 1.82) is 5.26 Å². The molecule has 0 N–H and O–H groups in total. The number of nitrogens with zero attached hydrogens (tertiary/aromatic N) is 1. The lowest BCUT2D eigenvalue weighted by Crippen LogP contribution is -1.92. The van der Waals surface area contributed by atoms with Crippen LogP contribution < -0.4 is 9.47 Å². The number of hydrogen-bond acceptors (Lipinski definition) is 3. The molecule has 3 nitrogen and oxygen atoms in total. The van der Waals surface area contributed by atoms with Crippen LogP contribution in [0.4, 0.5) is 4.39 Å². The Hall–Kier alpha value is -2.51. The molecule has 1 aliphatic heterocycles. The van der Waals surface area contributed by atoms with Gasteiger partial charge in [-0.2, -0.15) is 5.26 Å². The minimum atomic E-state index is -0.456. The maximum atomic E-state index is 13.8. The molecule has 0 radical (unpaired) electrons. The van der Waals surface area contributed by atoms with E-state index >= 15 is 0 Å². The van der Waals surface area contributed by atoms with Crippen molar-refractivity contribution in [1.82, 2.24) is 0 Å². The third kappa shape index (κ3) is 2.56. The predicted octanol–water partition coefficient (Wildman–Crippen LogP) is 4.27. The summed E-state index contributed by atoms with van der Waals surface area (Å²) < 4.78 is 24.3. The molecule has 0 spiro atoms. The lowest BCUT2D eigenvalue weighted by molar-refractivity contribution is 0.174. The van der Waals surface area contributed by atoms with Gasteiger partial charge in [-0.25, -0.2) is 4.39 Å². The molecular formula is C16H9ClFNO2. The quantitative estimate of drug-likeness (QED) is 0.614. The van der Waals surface area contributed by atoms with Gasteiger partial charge in [0.25, 0.3) is 0 Å². The van der Waals surface area contributed by atoms with Crippen molar-refractivity contribution in [2.45, 2.75) is 0 Å². The molecule has 21 heavy (non-hydrogen) atoms. The SMILES string of the molecule is N#CC(=Cc1cc2c(cc1Cl)OCO2)c1ccccc1F. The molecule has 5 heteroatoms. The fourth-order valence-electron chi connectivity index (χ4n) is 2.05. The highest BCUT2D eigenvalue weighted by Gasteiger charge is 2.16. The van der Waals surface area contributed by atoms with Crippen LogP contribution in [-0.2, 0) is 0 Å². The molecule has 1 heterocycles. The molecule has 0 bridgehead atoms. The Balaban J connectivity index is 2.08. The number of hydrogen-bond donors (Lipinski definition) is 0. The Morgan fingerprint density at radius 3 is 2.67 bits per heavy atom. The largest absolute Gasteiger partial charge is 0.454 e. The molecule has 2 aromatic carbocycles. The van der Waals surface area contributed by atoms with Gasteiger partial charge in [-0.05, 0) is 23.8 Å². The topological polar surface area (TPSA) is 42.2 Å². The third-order valence-corrected chi connectivity index (χ3v) is 3.40. The van der Waals surface area contributed by atoms with E-state index in [9.17, 15) is 9.65 Å². The third-order valence-electron chi connectivity index (χ3n) is 3.08. The highest BCUT2D eigenvalue weighted by molar-refractivity contribution is 6.32. The van der Waals surface area contributed by atoms with Gasteiger partial charge in [0.15, 0.2) is 11.5 Å². The Labute approximate surface area is 125 Å². The summed E-state index contributed by atoms with van der Waals surface area (Å²) >= 11 is 6.15. The first-order valence-corrected chi connectivity index (χ1v) is 6.52. The number of benzene rings is 2. The summed E-state index contributed by atoms with van der Waals surface area (Å²) in [4.78, 5) is 0. The van der Waals surface area contributed by atoms with Crippen LogP contribution in [0.2, 0.25) is 5.02 Å². The summed E-state index contributed by atoms with van der Waals surface area (Å²) in [5, 5.41) is 9.67. The summed E-state index contributed by atoms with van der Waals surface area (Å²) in [6, 6.07) is 11.4. The maximum Gasteiger partial charge on any atom is 0.231 e. The van der Waals surface area contributed by atoms with E-state index in [-0.39, 0.29) is 17.9 Å². The molecule has 0 fully saturated rings. The predicted molar refractivity (Wildman–Crippen MR) is 77.5 cm³/mol. The molecule has 1 aliphatic rings. The Morgan fingerprint density at radius 2 is 1.95 bits per heavy atom. The van der Waals surface area contributed by atoms with Crippen LogP contribution in [0.3, 0.4) is 0 Å². The van der Waals surface area contributed by atoms with Gasteiger partial charge in [-0.3, -0.25) is 0 Å². The van der Waals surface area contributed by atoms with Gasteiger partial charge in [0.2, 0.25) is 6.79 Å². The van der Waals surface area contributed by atoms with E-state index in [0.29, 0.717) is 22.1 Å². The second-order valence-corrected chi connectivity index (χ2v) is 4.78. The molecule has 0 aliphatic carbocycles. The van der Waals surface area contributed by atoms with Crippen molar-refractivity contribution in [3.63, 3.8) is 0 Å². The number of ether oxygens (including phenoxy) is 2. The molecule has 2 aromatic rings. The lowest BCUT2D eigenvalue weighted by Gasteiger charge is -2.04. The van der Waals surface area contributed by atoms with E-state index in [2.05, 4.69) is 0 Å². The van der Waals surface area contributed by atoms with Gasteiger partial charge in [0.1, 0.15) is 5.82 Å². The minimum Gasteiger partial charge on any atom is -0.454 e. The fraction of sp³-hybridized carbons (Fsp3) is 0.0625. The summed E-state index contributed by atoms with van der Waals surface area (Å²) in [7, 11) is 0. The minimum absolute atomic E-state index is 0.136. The fourth-order valence-corrected chi connectivity index (χ4v) is 2.26. The smallest absolute Gasteiger partial charge is 0.231 e. The second-order valence-electron chi connectivity index (χ2n) is 4.38. The maximum absolute atomic E-state index is 13.8. The van der Waals surface area contributed by atoms with Gasteiger partial charge in [-0.15, -0.1) is 0 Å². The van der Waals surface area contributed by atoms with Crippen molar-refractivity contribution in [3.8, 4) is 17.6 Å². The Kier molecular flexibility index (Phi) is 3.51. The zero-order chi connectivity index (χ0) is 14.8. The van der Waals surface area contributed by atoms with E-state index in [4.69, 9.17) is 21.1 Å². The van der Waals surface area contributed by atoms with Crippen molar-refractivity contribution in [2.24, 2.45) is 0 Å². The van der Waals surface area contributed by atoms with E-state index in [0.717, 1.165) is 0 Å². The van der Waals surface area contributed by atoms with E-state index in [1.807, 2.05) is 6.07 Å². The number of nitriles is 1. The Bertz CT molecular complexity index is 780. The number of rotatable bonds is 2. The number of allylic oxidation sites excluding steroid dienone is 1. The second kappa shape index (κ2) is 5.47. The molecule has 0 aromatic heterocycles. The van der Waals surface area contributed by atoms with Crippen LogP contribution in [0.5, 0.6) is 11.5 Å². The summed E-state index contributed by atoms with van der Waals surface area (Å²) in [5.74, 6) is 0.653. The van der Waals surface area contributed by atoms with Crippen LogP contribution in [0.1, 0.15) is 11.1 Å². The van der Waals surface area contributed by atoms with E-state index < -0.39 is 5.82 Å². The normalized spacial score (nSPS) is 13.1. The first kappa shape index (κ1) is 13.5. The van der Waals surface area contributed by atoms with Crippen molar-refractivity contribution >= 4 is 23.3 Å². The summed E-state index contributed by atoms with van der Waals surface area (Å²) in [6.45, 7) is 0.136. The van der Waals surface area contributed by atoms with Crippen LogP contribution in [-0.4, -0.2) is 6.79 Å². The van der Waals surface area contributed by atoms with Gasteiger partial charge < -0.3 is 9.47 Å². The highest BCUT2D eigenvalue weighted by Crippen LogP contribution is 2.38. The number of halogens is 2. The summed E-state index contributed by atoms with van der Waals surface area (Å²) in [5.41, 5.74) is 0.989. The van der Waals surface area contributed by atoms with Gasteiger partial charge >= 0.3 is 0 Å².